The molecule has 0 atom stereocenters. The van der Waals surface area contributed by atoms with Crippen LogP contribution in [0.4, 0.5) is 5.69 Å². The van der Waals surface area contributed by atoms with E-state index in [1.807, 2.05) is 0 Å². The predicted octanol–water partition coefficient (Wildman–Crippen LogP) is 3.49. The maximum absolute atomic E-state index is 11.5. The fourth-order valence-corrected chi connectivity index (χ4v) is 1.61. The molecule has 0 bridgehead atoms. The van der Waals surface area contributed by atoms with Crippen molar-refractivity contribution in [3.63, 3.8) is 0 Å². The van der Waals surface area contributed by atoms with Gasteiger partial charge < -0.3 is 10.4 Å². The molecule has 2 N–H and O–H groups in total. The molecule has 0 aliphatic heterocycles. The molecule has 5 nitrogen and oxygen atoms in total. The number of benzene rings is 1. The second-order valence-electron chi connectivity index (χ2n) is 3.14. The quantitative estimate of drug-likeness (QED) is 0.503. The molecule has 0 fully saturated rings. The zero-order valence-corrected chi connectivity index (χ0v) is 10.2. The SMILES string of the molecule is CC(O)=C(N=O)C(=O)Nc1cc(Cl)cc(Cl)c1. The van der Waals surface area contributed by atoms with Crippen LogP contribution in [-0.2, 0) is 4.79 Å². The van der Waals surface area contributed by atoms with Crippen LogP contribution in [-0.4, -0.2) is 11.0 Å². The molecule has 17 heavy (non-hydrogen) atoms. The Hall–Kier alpha value is -1.59. The summed E-state index contributed by atoms with van der Waals surface area (Å²) in [6.45, 7) is 1.18. The van der Waals surface area contributed by atoms with Crippen molar-refractivity contribution in [1.82, 2.24) is 0 Å². The predicted molar refractivity (Wildman–Crippen MR) is 66.2 cm³/mol. The topological polar surface area (TPSA) is 78.8 Å². The van der Waals surface area contributed by atoms with Gasteiger partial charge in [-0.1, -0.05) is 23.2 Å². The minimum Gasteiger partial charge on any atom is -0.510 e. The third-order valence-electron chi connectivity index (χ3n) is 1.77. The molecule has 0 heterocycles. The number of hydrogen-bond acceptors (Lipinski definition) is 4. The number of amides is 1. The van der Waals surface area contributed by atoms with Gasteiger partial charge in [0.2, 0.25) is 5.70 Å². The van der Waals surface area contributed by atoms with Crippen LogP contribution in [0.2, 0.25) is 10.0 Å². The zero-order chi connectivity index (χ0) is 13.0. The Morgan fingerprint density at radius 2 is 1.82 bits per heavy atom. The highest BCUT2D eigenvalue weighted by atomic mass is 35.5. The van der Waals surface area contributed by atoms with E-state index in [4.69, 9.17) is 28.3 Å². The number of carbonyl (C=O) groups is 1. The van der Waals surface area contributed by atoms with Gasteiger partial charge in [-0.25, -0.2) is 0 Å². The minimum atomic E-state index is -0.835. The van der Waals surface area contributed by atoms with Crippen molar-refractivity contribution >= 4 is 34.8 Å². The number of anilines is 1. The van der Waals surface area contributed by atoms with Crippen LogP contribution >= 0.6 is 23.2 Å². The molecule has 0 aliphatic carbocycles. The van der Waals surface area contributed by atoms with Gasteiger partial charge in [0.15, 0.2) is 0 Å². The lowest BCUT2D eigenvalue weighted by Crippen LogP contribution is -2.14. The van der Waals surface area contributed by atoms with E-state index in [-0.39, 0.29) is 0 Å². The van der Waals surface area contributed by atoms with Crippen molar-refractivity contribution < 1.29 is 9.90 Å². The number of nitrogens with one attached hydrogen (secondary N) is 1. The third-order valence-corrected chi connectivity index (χ3v) is 2.21. The van der Waals surface area contributed by atoms with Gasteiger partial charge in [0.1, 0.15) is 5.76 Å². The minimum absolute atomic E-state index is 0.301. The lowest BCUT2D eigenvalue weighted by molar-refractivity contribution is -0.113. The van der Waals surface area contributed by atoms with Crippen LogP contribution in [0.15, 0.2) is 34.8 Å². The second kappa shape index (κ2) is 5.65. The number of aliphatic hydroxyl groups is 1. The first-order valence-corrected chi connectivity index (χ1v) is 5.20. The van der Waals surface area contributed by atoms with Crippen LogP contribution in [0.3, 0.4) is 0 Å². The van der Waals surface area contributed by atoms with Crippen molar-refractivity contribution in [3.8, 4) is 0 Å². The number of aliphatic hydroxyl groups excluding tert-OH is 1. The average Bonchev–Trinajstić information content (AvgIpc) is 2.15. The number of nitroso groups, excluding NO2 is 1. The molecule has 0 spiro atoms. The number of nitrogens with zero attached hydrogens (tertiary/aromatic N) is 1. The Labute approximate surface area is 107 Å². The zero-order valence-electron chi connectivity index (χ0n) is 8.70. The monoisotopic (exact) mass is 274 g/mol. The molecule has 1 aromatic rings. The van der Waals surface area contributed by atoms with Crippen LogP contribution in [0.5, 0.6) is 0 Å². The van der Waals surface area contributed by atoms with E-state index < -0.39 is 17.4 Å². The smallest absolute Gasteiger partial charge is 0.281 e. The lowest BCUT2D eigenvalue weighted by Gasteiger charge is -2.05. The maximum Gasteiger partial charge on any atom is 0.281 e. The first kappa shape index (κ1) is 13.5. The van der Waals surface area contributed by atoms with E-state index in [0.717, 1.165) is 0 Å². The molecular weight excluding hydrogens is 267 g/mol. The molecule has 0 unspecified atom stereocenters. The fraction of sp³-hybridized carbons (Fsp3) is 0.100. The van der Waals surface area contributed by atoms with E-state index in [0.29, 0.717) is 15.7 Å². The van der Waals surface area contributed by atoms with Gasteiger partial charge in [0.05, 0.1) is 0 Å². The summed E-state index contributed by atoms with van der Waals surface area (Å²) in [6, 6.07) is 4.38. The first-order valence-electron chi connectivity index (χ1n) is 4.44. The second-order valence-corrected chi connectivity index (χ2v) is 4.01. The molecule has 90 valence electrons. The maximum atomic E-state index is 11.5. The van der Waals surface area contributed by atoms with Gasteiger partial charge in [-0.2, -0.15) is 0 Å². The summed E-state index contributed by atoms with van der Waals surface area (Å²) in [6.07, 6.45) is 0. The molecule has 7 heteroatoms. The summed E-state index contributed by atoms with van der Waals surface area (Å²) in [4.78, 5) is 21.8. The van der Waals surface area contributed by atoms with Gasteiger partial charge in [-0.05, 0) is 30.3 Å². The largest absolute Gasteiger partial charge is 0.510 e. The van der Waals surface area contributed by atoms with Crippen molar-refractivity contribution in [2.24, 2.45) is 5.18 Å². The Morgan fingerprint density at radius 1 is 1.29 bits per heavy atom. The molecule has 1 amide bonds. The highest BCUT2D eigenvalue weighted by Crippen LogP contribution is 2.23. The summed E-state index contributed by atoms with van der Waals surface area (Å²) >= 11 is 11.5. The number of hydrogen-bond donors (Lipinski definition) is 2. The number of rotatable bonds is 3. The molecule has 0 saturated heterocycles. The van der Waals surface area contributed by atoms with Gasteiger partial charge >= 0.3 is 0 Å². The Balaban J connectivity index is 2.95. The highest BCUT2D eigenvalue weighted by molar-refractivity contribution is 6.35. The van der Waals surface area contributed by atoms with E-state index >= 15 is 0 Å². The third kappa shape index (κ3) is 3.72. The number of carbonyl (C=O) groups excluding carboxylic acids is 1. The Morgan fingerprint density at radius 3 is 2.24 bits per heavy atom. The van der Waals surface area contributed by atoms with Crippen LogP contribution in [0, 0.1) is 4.91 Å². The van der Waals surface area contributed by atoms with Gasteiger partial charge in [-0.3, -0.25) is 4.79 Å². The first-order chi connectivity index (χ1) is 7.93. The molecular formula is C10H8Cl2N2O3. The van der Waals surface area contributed by atoms with Crippen molar-refractivity contribution in [1.29, 1.82) is 0 Å². The Kier molecular flexibility index (Phi) is 4.48. The molecule has 0 aliphatic rings. The summed E-state index contributed by atoms with van der Waals surface area (Å²) in [7, 11) is 0. The van der Waals surface area contributed by atoms with E-state index in [1.165, 1.54) is 25.1 Å². The summed E-state index contributed by atoms with van der Waals surface area (Å²) in [5.74, 6) is -1.30. The summed E-state index contributed by atoms with van der Waals surface area (Å²) < 4.78 is 0. The molecule has 0 aromatic heterocycles. The van der Waals surface area contributed by atoms with E-state index in [9.17, 15) is 9.70 Å². The summed E-state index contributed by atoms with van der Waals surface area (Å²) in [5, 5.41) is 14.5. The van der Waals surface area contributed by atoms with Gasteiger partial charge in [0.25, 0.3) is 5.91 Å². The van der Waals surface area contributed by atoms with Gasteiger partial charge in [-0.15, -0.1) is 4.91 Å². The highest BCUT2D eigenvalue weighted by Gasteiger charge is 2.14. The average molecular weight is 275 g/mol. The van der Waals surface area contributed by atoms with Crippen molar-refractivity contribution in [2.75, 3.05) is 5.32 Å². The molecule has 0 radical (unpaired) electrons. The van der Waals surface area contributed by atoms with Crippen molar-refractivity contribution in [3.05, 3.63) is 44.6 Å². The Bertz CT molecular complexity index is 476. The lowest BCUT2D eigenvalue weighted by atomic mass is 10.3. The fourth-order valence-electron chi connectivity index (χ4n) is 1.09. The molecule has 1 rings (SSSR count). The number of allylic oxidation sites excluding steroid dienone is 1. The van der Waals surface area contributed by atoms with Crippen LogP contribution in [0.1, 0.15) is 6.92 Å². The van der Waals surface area contributed by atoms with Crippen molar-refractivity contribution in [2.45, 2.75) is 6.92 Å². The molecule has 0 saturated carbocycles. The van der Waals surface area contributed by atoms with E-state index in [1.54, 1.807) is 0 Å². The standard InChI is InChI=1S/C10H8Cl2N2O3/c1-5(15)9(14-17)10(16)13-8-3-6(11)2-7(12)4-8/h2-4,15H,1H3,(H,13,16). The van der Waals surface area contributed by atoms with Gasteiger partial charge in [0, 0.05) is 15.7 Å². The van der Waals surface area contributed by atoms with Crippen LogP contribution in [0.25, 0.3) is 0 Å². The van der Waals surface area contributed by atoms with E-state index in [2.05, 4.69) is 10.5 Å². The summed E-state index contributed by atoms with van der Waals surface area (Å²) in [5.41, 5.74) is -0.295. The molecule has 1 aromatic carbocycles. The normalized spacial score (nSPS) is 11.7. The van der Waals surface area contributed by atoms with Crippen LogP contribution < -0.4 is 5.32 Å². The number of halogens is 2.